The van der Waals surface area contributed by atoms with E-state index in [1.807, 2.05) is 0 Å². The first-order chi connectivity index (χ1) is 7.54. The summed E-state index contributed by atoms with van der Waals surface area (Å²) in [7, 11) is 0. The van der Waals surface area contributed by atoms with Crippen LogP contribution in [-0.4, -0.2) is 46.0 Å². The molecule has 2 amide bonds. The summed E-state index contributed by atoms with van der Waals surface area (Å²) < 4.78 is 0. The summed E-state index contributed by atoms with van der Waals surface area (Å²) in [6, 6.07) is 0.0594. The van der Waals surface area contributed by atoms with Crippen molar-refractivity contribution in [2.75, 3.05) is 11.9 Å². The number of carbonyl (C=O) groups is 2. The van der Waals surface area contributed by atoms with Crippen molar-refractivity contribution < 1.29 is 14.7 Å². The summed E-state index contributed by atoms with van der Waals surface area (Å²) in [4.78, 5) is 23.9. The molecule has 0 saturated heterocycles. The molecule has 1 rings (SSSR count). The van der Waals surface area contributed by atoms with Crippen LogP contribution in [0.5, 0.6) is 0 Å². The number of alkyl halides is 1. The average molecular weight is 293 g/mol. The van der Waals surface area contributed by atoms with Gasteiger partial charge in [0, 0.05) is 18.6 Å². The van der Waals surface area contributed by atoms with Crippen molar-refractivity contribution in [3.63, 3.8) is 0 Å². The molecule has 1 fully saturated rings. The lowest BCUT2D eigenvalue weighted by Gasteiger charge is -2.38. The first kappa shape index (κ1) is 13.3. The SMILES string of the molecule is CC(CN(C(=O)CBr)C1CCC1)NC(=O)O. The second kappa shape index (κ2) is 6.08. The van der Waals surface area contributed by atoms with Gasteiger partial charge in [0.2, 0.25) is 5.91 Å². The quantitative estimate of drug-likeness (QED) is 0.753. The van der Waals surface area contributed by atoms with Gasteiger partial charge in [-0.05, 0) is 26.2 Å². The van der Waals surface area contributed by atoms with E-state index in [-0.39, 0.29) is 11.9 Å². The summed E-state index contributed by atoms with van der Waals surface area (Å²) in [5.41, 5.74) is 0. The number of carbonyl (C=O) groups excluding carboxylic acids is 1. The molecule has 1 unspecified atom stereocenters. The van der Waals surface area contributed by atoms with E-state index in [1.165, 1.54) is 0 Å². The third kappa shape index (κ3) is 3.66. The van der Waals surface area contributed by atoms with E-state index in [0.29, 0.717) is 17.9 Å². The third-order valence-corrected chi connectivity index (χ3v) is 3.27. The van der Waals surface area contributed by atoms with Crippen LogP contribution in [-0.2, 0) is 4.79 Å². The minimum absolute atomic E-state index is 0.0312. The van der Waals surface area contributed by atoms with Gasteiger partial charge < -0.3 is 15.3 Å². The van der Waals surface area contributed by atoms with Crippen molar-refractivity contribution in [2.45, 2.75) is 38.3 Å². The van der Waals surface area contributed by atoms with Gasteiger partial charge in [0.25, 0.3) is 0 Å². The van der Waals surface area contributed by atoms with E-state index in [2.05, 4.69) is 21.2 Å². The van der Waals surface area contributed by atoms with Crippen molar-refractivity contribution in [1.29, 1.82) is 0 Å². The Balaban J connectivity index is 2.49. The van der Waals surface area contributed by atoms with Crippen molar-refractivity contribution in [1.82, 2.24) is 10.2 Å². The first-order valence-corrected chi connectivity index (χ1v) is 6.51. The van der Waals surface area contributed by atoms with Crippen LogP contribution in [0, 0.1) is 0 Å². The molecular formula is C10H17BrN2O3. The van der Waals surface area contributed by atoms with E-state index in [1.54, 1.807) is 11.8 Å². The van der Waals surface area contributed by atoms with Crippen LogP contribution in [0.15, 0.2) is 0 Å². The van der Waals surface area contributed by atoms with Gasteiger partial charge in [-0.3, -0.25) is 4.79 Å². The Morgan fingerprint density at radius 3 is 2.56 bits per heavy atom. The smallest absolute Gasteiger partial charge is 0.404 e. The standard InChI is InChI=1S/C10H17BrN2O3/c1-7(12-10(15)16)6-13(9(14)5-11)8-3-2-4-8/h7-8,12H,2-6H2,1H3,(H,15,16). The summed E-state index contributed by atoms with van der Waals surface area (Å²) in [5, 5.41) is 11.2. The molecule has 92 valence electrons. The Morgan fingerprint density at radius 1 is 1.56 bits per heavy atom. The molecule has 5 nitrogen and oxygen atoms in total. The van der Waals surface area contributed by atoms with Gasteiger partial charge in [-0.1, -0.05) is 15.9 Å². The maximum absolute atomic E-state index is 11.7. The lowest BCUT2D eigenvalue weighted by atomic mass is 9.91. The molecule has 0 aromatic carbocycles. The monoisotopic (exact) mass is 292 g/mol. The van der Waals surface area contributed by atoms with Gasteiger partial charge >= 0.3 is 6.09 Å². The third-order valence-electron chi connectivity index (χ3n) is 2.79. The highest BCUT2D eigenvalue weighted by atomic mass is 79.9. The zero-order valence-corrected chi connectivity index (χ0v) is 10.9. The number of amides is 2. The fourth-order valence-electron chi connectivity index (χ4n) is 1.78. The predicted octanol–water partition coefficient (Wildman–Crippen LogP) is 1.42. The van der Waals surface area contributed by atoms with Gasteiger partial charge in [-0.2, -0.15) is 0 Å². The second-order valence-electron chi connectivity index (χ2n) is 4.11. The number of rotatable bonds is 5. The minimum atomic E-state index is -1.05. The van der Waals surface area contributed by atoms with Gasteiger partial charge in [0.1, 0.15) is 0 Å². The summed E-state index contributed by atoms with van der Waals surface area (Å²) >= 11 is 3.15. The molecule has 1 aliphatic carbocycles. The van der Waals surface area contributed by atoms with Crippen LogP contribution < -0.4 is 5.32 Å². The second-order valence-corrected chi connectivity index (χ2v) is 4.68. The maximum Gasteiger partial charge on any atom is 0.404 e. The number of hydrogen-bond acceptors (Lipinski definition) is 2. The molecule has 1 atom stereocenters. The van der Waals surface area contributed by atoms with E-state index < -0.39 is 6.09 Å². The van der Waals surface area contributed by atoms with Crippen LogP contribution >= 0.6 is 15.9 Å². The topological polar surface area (TPSA) is 69.6 Å². The molecule has 0 bridgehead atoms. The summed E-state index contributed by atoms with van der Waals surface area (Å²) in [5.74, 6) is 0.0312. The van der Waals surface area contributed by atoms with E-state index in [9.17, 15) is 9.59 Å². The number of carboxylic acid groups (broad SMARTS) is 1. The first-order valence-electron chi connectivity index (χ1n) is 5.39. The highest BCUT2D eigenvalue weighted by Crippen LogP contribution is 2.25. The fourth-order valence-corrected chi connectivity index (χ4v) is 2.10. The fraction of sp³-hybridized carbons (Fsp3) is 0.800. The van der Waals surface area contributed by atoms with Gasteiger partial charge in [0.15, 0.2) is 0 Å². The Hall–Kier alpha value is -0.780. The number of hydrogen-bond donors (Lipinski definition) is 2. The Labute approximate surface area is 103 Å². The Bertz CT molecular complexity index is 269. The summed E-state index contributed by atoms with van der Waals surface area (Å²) in [6.45, 7) is 2.21. The zero-order valence-electron chi connectivity index (χ0n) is 9.28. The van der Waals surface area contributed by atoms with Gasteiger partial charge in [-0.25, -0.2) is 4.79 Å². The van der Waals surface area contributed by atoms with E-state index >= 15 is 0 Å². The van der Waals surface area contributed by atoms with Crippen molar-refractivity contribution in [3.8, 4) is 0 Å². The van der Waals surface area contributed by atoms with Gasteiger partial charge in [-0.15, -0.1) is 0 Å². The molecule has 2 N–H and O–H groups in total. The molecule has 6 heteroatoms. The predicted molar refractivity (Wildman–Crippen MR) is 63.8 cm³/mol. The Kier molecular flexibility index (Phi) is 5.05. The average Bonchev–Trinajstić information content (AvgIpc) is 2.11. The molecule has 1 saturated carbocycles. The van der Waals surface area contributed by atoms with E-state index in [0.717, 1.165) is 19.3 Å². The zero-order chi connectivity index (χ0) is 12.1. The molecule has 0 aliphatic heterocycles. The largest absolute Gasteiger partial charge is 0.465 e. The van der Waals surface area contributed by atoms with Crippen LogP contribution in [0.3, 0.4) is 0 Å². The molecule has 0 aromatic rings. The van der Waals surface area contributed by atoms with Crippen molar-refractivity contribution in [3.05, 3.63) is 0 Å². The van der Waals surface area contributed by atoms with Crippen molar-refractivity contribution in [2.24, 2.45) is 0 Å². The van der Waals surface area contributed by atoms with Crippen LogP contribution in [0.1, 0.15) is 26.2 Å². The number of nitrogens with zero attached hydrogens (tertiary/aromatic N) is 1. The maximum atomic E-state index is 11.7. The molecule has 1 aliphatic rings. The molecular weight excluding hydrogens is 276 g/mol. The van der Waals surface area contributed by atoms with Crippen LogP contribution in [0.2, 0.25) is 0 Å². The molecule has 0 spiro atoms. The molecule has 0 aromatic heterocycles. The van der Waals surface area contributed by atoms with Crippen LogP contribution in [0.4, 0.5) is 4.79 Å². The normalized spacial score (nSPS) is 17.4. The molecule has 0 heterocycles. The minimum Gasteiger partial charge on any atom is -0.465 e. The van der Waals surface area contributed by atoms with Gasteiger partial charge in [0.05, 0.1) is 5.33 Å². The summed E-state index contributed by atoms with van der Waals surface area (Å²) in [6.07, 6.45) is 2.15. The van der Waals surface area contributed by atoms with Crippen LogP contribution in [0.25, 0.3) is 0 Å². The van der Waals surface area contributed by atoms with E-state index in [4.69, 9.17) is 5.11 Å². The number of halogens is 1. The van der Waals surface area contributed by atoms with Crippen molar-refractivity contribution >= 4 is 27.9 Å². The highest BCUT2D eigenvalue weighted by molar-refractivity contribution is 9.09. The highest BCUT2D eigenvalue weighted by Gasteiger charge is 2.29. The Morgan fingerprint density at radius 2 is 2.19 bits per heavy atom. The molecule has 16 heavy (non-hydrogen) atoms. The lowest BCUT2D eigenvalue weighted by Crippen LogP contribution is -2.51. The lowest BCUT2D eigenvalue weighted by molar-refractivity contribution is -0.132. The molecule has 0 radical (unpaired) electrons. The number of nitrogens with one attached hydrogen (secondary N) is 1.